The quantitative estimate of drug-likeness (QED) is 0.928. The second-order valence-electron chi connectivity index (χ2n) is 7.49. The Kier molecular flexibility index (Phi) is 3.82. The molecule has 1 spiro atoms. The van der Waals surface area contributed by atoms with Crippen molar-refractivity contribution in [3.8, 4) is 0 Å². The molecular weight excluding hydrogens is 316 g/mol. The number of aromatic nitrogens is 1. The summed E-state index contributed by atoms with van der Waals surface area (Å²) in [5, 5.41) is 10.3. The van der Waals surface area contributed by atoms with Crippen LogP contribution in [0.25, 0.3) is 10.9 Å². The monoisotopic (exact) mass is 340 g/mol. The fourth-order valence-corrected chi connectivity index (χ4v) is 4.42. The first-order valence-electron chi connectivity index (χ1n) is 9.16. The van der Waals surface area contributed by atoms with E-state index >= 15 is 0 Å². The van der Waals surface area contributed by atoms with Gasteiger partial charge in [-0.2, -0.15) is 0 Å². The summed E-state index contributed by atoms with van der Waals surface area (Å²) in [4.78, 5) is 26.2. The Labute approximate surface area is 147 Å². The molecule has 1 aromatic heterocycles. The molecule has 5 heteroatoms. The zero-order chi connectivity index (χ0) is 17.6. The average molecular weight is 340 g/mol. The number of aryl methyl sites for hydroxylation is 1. The lowest BCUT2D eigenvalue weighted by Crippen LogP contribution is -2.40. The summed E-state index contributed by atoms with van der Waals surface area (Å²) in [5.74, 6) is -0.800. The normalized spacial score (nSPS) is 21.6. The standard InChI is InChI=1S/C20H24N2O3/c1-2-9-22-16-6-4-3-5-14(16)12-17(22)18(23)21-10-7-20(8-11-21)13-15(20)19(24)25/h3-6,12,15H,2,7-11,13H2,1H3,(H,24,25). The van der Waals surface area contributed by atoms with Gasteiger partial charge in [0.25, 0.3) is 5.91 Å². The fraction of sp³-hybridized carbons (Fsp3) is 0.500. The Morgan fingerprint density at radius 1 is 1.24 bits per heavy atom. The highest BCUT2D eigenvalue weighted by atomic mass is 16.4. The predicted octanol–water partition coefficient (Wildman–Crippen LogP) is 3.38. The number of aliphatic carboxylic acids is 1. The van der Waals surface area contributed by atoms with Crippen molar-refractivity contribution in [2.75, 3.05) is 13.1 Å². The minimum Gasteiger partial charge on any atom is -0.481 e. The SMILES string of the molecule is CCCn1c(C(=O)N2CCC3(CC2)CC3C(=O)O)cc2ccccc21. The first kappa shape index (κ1) is 16.2. The number of fused-ring (bicyclic) bond motifs is 1. The Morgan fingerprint density at radius 3 is 2.60 bits per heavy atom. The molecule has 0 radical (unpaired) electrons. The van der Waals surface area contributed by atoms with E-state index in [0.717, 1.165) is 48.8 Å². The van der Waals surface area contributed by atoms with Gasteiger partial charge in [0.15, 0.2) is 0 Å². The number of carbonyl (C=O) groups excluding carboxylic acids is 1. The highest BCUT2D eigenvalue weighted by molar-refractivity contribution is 5.98. The zero-order valence-corrected chi connectivity index (χ0v) is 14.6. The van der Waals surface area contributed by atoms with E-state index in [2.05, 4.69) is 17.6 Å². The van der Waals surface area contributed by atoms with Crippen LogP contribution in [0, 0.1) is 11.3 Å². The van der Waals surface area contributed by atoms with E-state index in [4.69, 9.17) is 0 Å². The van der Waals surface area contributed by atoms with E-state index in [1.54, 1.807) is 0 Å². The molecule has 1 unspecified atom stereocenters. The van der Waals surface area contributed by atoms with Crippen LogP contribution in [0.5, 0.6) is 0 Å². The Hall–Kier alpha value is -2.30. The van der Waals surface area contributed by atoms with Crippen molar-refractivity contribution >= 4 is 22.8 Å². The summed E-state index contributed by atoms with van der Waals surface area (Å²) >= 11 is 0. The van der Waals surface area contributed by atoms with Gasteiger partial charge in [-0.1, -0.05) is 25.1 Å². The molecule has 1 saturated carbocycles. The predicted molar refractivity (Wildman–Crippen MR) is 95.5 cm³/mol. The number of nitrogens with zero attached hydrogens (tertiary/aromatic N) is 2. The van der Waals surface area contributed by atoms with Crippen molar-refractivity contribution in [1.82, 2.24) is 9.47 Å². The lowest BCUT2D eigenvalue weighted by Gasteiger charge is -2.32. The molecule has 2 fully saturated rings. The van der Waals surface area contributed by atoms with Crippen LogP contribution in [0.3, 0.4) is 0 Å². The minimum atomic E-state index is -0.678. The van der Waals surface area contributed by atoms with Gasteiger partial charge in [0.1, 0.15) is 5.69 Å². The molecule has 1 N–H and O–H groups in total. The maximum Gasteiger partial charge on any atom is 0.307 e. The number of likely N-dealkylation sites (tertiary alicyclic amines) is 1. The van der Waals surface area contributed by atoms with Crippen molar-refractivity contribution in [2.45, 2.75) is 39.2 Å². The highest BCUT2D eigenvalue weighted by Crippen LogP contribution is 2.59. The number of carboxylic acid groups (broad SMARTS) is 1. The summed E-state index contributed by atoms with van der Waals surface area (Å²) in [6, 6.07) is 10.1. The van der Waals surface area contributed by atoms with Crippen LogP contribution >= 0.6 is 0 Å². The smallest absolute Gasteiger partial charge is 0.307 e. The number of carbonyl (C=O) groups is 2. The van der Waals surface area contributed by atoms with Crippen LogP contribution in [0.4, 0.5) is 0 Å². The number of rotatable bonds is 4. The maximum absolute atomic E-state index is 13.1. The number of para-hydroxylation sites is 1. The number of hydrogen-bond acceptors (Lipinski definition) is 2. The van der Waals surface area contributed by atoms with Gasteiger partial charge in [-0.05, 0) is 43.2 Å². The molecule has 5 nitrogen and oxygen atoms in total. The number of carboxylic acids is 1. The van der Waals surface area contributed by atoms with E-state index in [0.29, 0.717) is 13.1 Å². The summed E-state index contributed by atoms with van der Waals surface area (Å²) < 4.78 is 2.12. The summed E-state index contributed by atoms with van der Waals surface area (Å²) in [7, 11) is 0. The van der Waals surface area contributed by atoms with Crippen molar-refractivity contribution < 1.29 is 14.7 Å². The largest absolute Gasteiger partial charge is 0.481 e. The topological polar surface area (TPSA) is 62.5 Å². The van der Waals surface area contributed by atoms with Gasteiger partial charge < -0.3 is 14.6 Å². The third kappa shape index (κ3) is 2.62. The van der Waals surface area contributed by atoms with E-state index in [9.17, 15) is 14.7 Å². The third-order valence-electron chi connectivity index (χ3n) is 6.01. The molecule has 1 aromatic carbocycles. The summed E-state index contributed by atoms with van der Waals surface area (Å²) in [6.45, 7) is 4.27. The van der Waals surface area contributed by atoms with Crippen molar-refractivity contribution in [2.24, 2.45) is 11.3 Å². The van der Waals surface area contributed by atoms with Crippen LogP contribution in [-0.4, -0.2) is 39.5 Å². The third-order valence-corrected chi connectivity index (χ3v) is 6.01. The van der Waals surface area contributed by atoms with Gasteiger partial charge in [-0.15, -0.1) is 0 Å². The maximum atomic E-state index is 13.1. The Morgan fingerprint density at radius 2 is 1.96 bits per heavy atom. The molecule has 132 valence electrons. The molecule has 1 saturated heterocycles. The molecule has 2 aliphatic rings. The van der Waals surface area contributed by atoms with E-state index in [-0.39, 0.29) is 17.2 Å². The lowest BCUT2D eigenvalue weighted by atomic mass is 9.90. The number of hydrogen-bond donors (Lipinski definition) is 1. The number of benzene rings is 1. The highest BCUT2D eigenvalue weighted by Gasteiger charge is 2.59. The van der Waals surface area contributed by atoms with Crippen molar-refractivity contribution in [1.29, 1.82) is 0 Å². The first-order valence-corrected chi connectivity index (χ1v) is 9.16. The fourth-order valence-electron chi connectivity index (χ4n) is 4.42. The van der Waals surface area contributed by atoms with Gasteiger partial charge in [0, 0.05) is 30.5 Å². The zero-order valence-electron chi connectivity index (χ0n) is 14.6. The van der Waals surface area contributed by atoms with E-state index in [1.807, 2.05) is 29.2 Å². The molecule has 1 atom stereocenters. The van der Waals surface area contributed by atoms with Gasteiger partial charge in [-0.25, -0.2) is 0 Å². The van der Waals surface area contributed by atoms with Crippen LogP contribution < -0.4 is 0 Å². The average Bonchev–Trinajstić information content (AvgIpc) is 3.20. The molecule has 1 aliphatic heterocycles. The molecule has 1 aliphatic carbocycles. The molecule has 4 rings (SSSR count). The van der Waals surface area contributed by atoms with Gasteiger partial charge in [-0.3, -0.25) is 9.59 Å². The second-order valence-corrected chi connectivity index (χ2v) is 7.49. The van der Waals surface area contributed by atoms with Gasteiger partial charge in [0.2, 0.25) is 0 Å². The van der Waals surface area contributed by atoms with E-state index < -0.39 is 5.97 Å². The van der Waals surface area contributed by atoms with Gasteiger partial charge >= 0.3 is 5.97 Å². The molecule has 1 amide bonds. The molecular formula is C20H24N2O3. The van der Waals surface area contributed by atoms with Gasteiger partial charge in [0.05, 0.1) is 5.92 Å². The van der Waals surface area contributed by atoms with Crippen molar-refractivity contribution in [3.63, 3.8) is 0 Å². The first-order chi connectivity index (χ1) is 12.1. The lowest BCUT2D eigenvalue weighted by molar-refractivity contribution is -0.139. The van der Waals surface area contributed by atoms with Crippen LogP contribution in [0.2, 0.25) is 0 Å². The number of amides is 1. The Balaban J connectivity index is 1.55. The molecule has 0 bridgehead atoms. The second kappa shape index (κ2) is 5.90. The minimum absolute atomic E-state index is 0.0429. The molecule has 2 aromatic rings. The van der Waals surface area contributed by atoms with Crippen molar-refractivity contribution in [3.05, 3.63) is 36.0 Å². The van der Waals surface area contributed by atoms with Crippen LogP contribution in [-0.2, 0) is 11.3 Å². The summed E-state index contributed by atoms with van der Waals surface area (Å²) in [6.07, 6.45) is 3.37. The van der Waals surface area contributed by atoms with Crippen LogP contribution in [0.1, 0.15) is 43.1 Å². The molecule has 25 heavy (non-hydrogen) atoms. The summed E-state index contributed by atoms with van der Waals surface area (Å²) in [5.41, 5.74) is 1.82. The van der Waals surface area contributed by atoms with E-state index in [1.165, 1.54) is 0 Å². The van der Waals surface area contributed by atoms with Crippen LogP contribution in [0.15, 0.2) is 30.3 Å². The number of piperidine rings is 1. The Bertz CT molecular complexity index is 831. The molecule has 2 heterocycles.